The summed E-state index contributed by atoms with van der Waals surface area (Å²) in [5, 5.41) is 3.33. The minimum atomic E-state index is 0. The first-order valence-electron chi connectivity index (χ1n) is 4.57. The minimum Gasteiger partial charge on any atom is -0.383 e. The predicted molar refractivity (Wildman–Crippen MR) is 58.0 cm³/mol. The molecule has 0 aliphatic rings. The molecule has 0 atom stereocenters. The van der Waals surface area contributed by atoms with Gasteiger partial charge in [-0.15, -0.1) is 0 Å². The fraction of sp³-hybridized carbons (Fsp3) is 0.455. The summed E-state index contributed by atoms with van der Waals surface area (Å²) >= 11 is 0. The van der Waals surface area contributed by atoms with Gasteiger partial charge >= 0.3 is 0 Å². The van der Waals surface area contributed by atoms with Crippen molar-refractivity contribution in [3.63, 3.8) is 0 Å². The Hall–Kier alpha value is -1.02. The van der Waals surface area contributed by atoms with Gasteiger partial charge in [0.05, 0.1) is 6.61 Å². The number of anilines is 1. The van der Waals surface area contributed by atoms with E-state index >= 15 is 0 Å². The fourth-order valence-electron chi connectivity index (χ4n) is 1.20. The van der Waals surface area contributed by atoms with Gasteiger partial charge in [0.2, 0.25) is 0 Å². The first-order valence-corrected chi connectivity index (χ1v) is 4.57. The van der Waals surface area contributed by atoms with E-state index in [1.165, 1.54) is 5.56 Å². The van der Waals surface area contributed by atoms with Crippen molar-refractivity contribution in [2.75, 3.05) is 12.4 Å². The van der Waals surface area contributed by atoms with Crippen LogP contribution in [0.1, 0.15) is 20.8 Å². The average molecular weight is 181 g/mol. The van der Waals surface area contributed by atoms with E-state index in [4.69, 9.17) is 4.74 Å². The second kappa shape index (κ2) is 4.87. The lowest BCUT2D eigenvalue weighted by Gasteiger charge is -2.10. The summed E-state index contributed by atoms with van der Waals surface area (Å²) in [7, 11) is 1.71. The number of hydrogen-bond acceptors (Lipinski definition) is 2. The highest BCUT2D eigenvalue weighted by Crippen LogP contribution is 2.10. The molecule has 0 radical (unpaired) electrons. The number of benzene rings is 1. The van der Waals surface area contributed by atoms with Crippen molar-refractivity contribution < 1.29 is 6.16 Å². The van der Waals surface area contributed by atoms with Crippen molar-refractivity contribution in [1.29, 1.82) is 0 Å². The Morgan fingerprint density at radius 2 is 1.92 bits per heavy atom. The van der Waals surface area contributed by atoms with Gasteiger partial charge < -0.3 is 10.1 Å². The van der Waals surface area contributed by atoms with Gasteiger partial charge in [-0.25, -0.2) is 0 Å². The average Bonchev–Trinajstić information content (AvgIpc) is 2.08. The third-order valence-corrected chi connectivity index (χ3v) is 1.72. The van der Waals surface area contributed by atoms with E-state index in [2.05, 4.69) is 43.4 Å². The van der Waals surface area contributed by atoms with Crippen LogP contribution in [0.15, 0.2) is 24.3 Å². The van der Waals surface area contributed by atoms with Crippen molar-refractivity contribution in [1.82, 2.24) is 0 Å². The molecule has 1 aromatic carbocycles. The van der Waals surface area contributed by atoms with Crippen molar-refractivity contribution in [2.24, 2.45) is 0 Å². The summed E-state index contributed by atoms with van der Waals surface area (Å²) in [4.78, 5) is 0. The van der Waals surface area contributed by atoms with Gasteiger partial charge in [0.15, 0.2) is 0 Å². The molecule has 0 aromatic heterocycles. The molecule has 0 spiro atoms. The molecule has 2 heteroatoms. The van der Waals surface area contributed by atoms with E-state index in [0.717, 1.165) is 5.69 Å². The van der Waals surface area contributed by atoms with Gasteiger partial charge in [-0.05, 0) is 31.5 Å². The zero-order chi connectivity index (χ0) is 9.68. The molecule has 0 fully saturated rings. The monoisotopic (exact) mass is 181 g/mol. The summed E-state index contributed by atoms with van der Waals surface area (Å²) in [6, 6.07) is 8.79. The highest BCUT2D eigenvalue weighted by molar-refractivity contribution is 5.44. The first kappa shape index (κ1) is 10.1. The summed E-state index contributed by atoms with van der Waals surface area (Å²) < 4.78 is 5.03. The third kappa shape index (κ3) is 3.47. The summed E-state index contributed by atoms with van der Waals surface area (Å²) in [5.41, 5.74) is 2.37. The Morgan fingerprint density at radius 3 is 2.38 bits per heavy atom. The first-order chi connectivity index (χ1) is 6.22. The van der Waals surface area contributed by atoms with E-state index in [0.29, 0.717) is 12.6 Å². The molecule has 74 valence electrons. The molecule has 0 saturated carbocycles. The van der Waals surface area contributed by atoms with Crippen LogP contribution in [0.3, 0.4) is 0 Å². The van der Waals surface area contributed by atoms with Gasteiger partial charge in [-0.3, -0.25) is 0 Å². The van der Waals surface area contributed by atoms with Gasteiger partial charge in [-0.1, -0.05) is 12.1 Å². The van der Waals surface area contributed by atoms with E-state index in [9.17, 15) is 0 Å². The van der Waals surface area contributed by atoms with Crippen LogP contribution in [0, 0.1) is 0 Å². The number of hydrogen-bond donors (Lipinski definition) is 1. The van der Waals surface area contributed by atoms with Crippen LogP contribution in [0.4, 0.5) is 5.69 Å². The zero-order valence-electron chi connectivity index (χ0n) is 8.50. The van der Waals surface area contributed by atoms with E-state index in [1.54, 1.807) is 7.11 Å². The van der Waals surface area contributed by atoms with Crippen LogP contribution in [0.5, 0.6) is 0 Å². The maximum absolute atomic E-state index is 5.03. The van der Waals surface area contributed by atoms with E-state index in [-0.39, 0.29) is 1.43 Å². The molecule has 0 aliphatic carbocycles. The highest BCUT2D eigenvalue weighted by Gasteiger charge is 1.95. The lowest BCUT2D eigenvalue weighted by atomic mass is 10.2. The van der Waals surface area contributed by atoms with Gasteiger partial charge in [0, 0.05) is 20.3 Å². The van der Waals surface area contributed by atoms with Crippen LogP contribution >= 0.6 is 0 Å². The predicted octanol–water partition coefficient (Wildman–Crippen LogP) is 2.90. The van der Waals surface area contributed by atoms with Crippen molar-refractivity contribution in [2.45, 2.75) is 26.5 Å². The quantitative estimate of drug-likeness (QED) is 0.771. The maximum Gasteiger partial charge on any atom is 0.0713 e. The van der Waals surface area contributed by atoms with Gasteiger partial charge in [0.25, 0.3) is 0 Å². The molecule has 0 amide bonds. The molecule has 1 N–H and O–H groups in total. The number of methoxy groups -OCH3 is 1. The Morgan fingerprint density at radius 1 is 1.31 bits per heavy atom. The highest BCUT2D eigenvalue weighted by atomic mass is 16.5. The number of rotatable bonds is 4. The molecular weight excluding hydrogens is 162 g/mol. The van der Waals surface area contributed by atoms with E-state index < -0.39 is 0 Å². The summed E-state index contributed by atoms with van der Waals surface area (Å²) in [6.07, 6.45) is 0. The normalized spacial score (nSPS) is 10.5. The number of nitrogens with one attached hydrogen (secondary N) is 1. The van der Waals surface area contributed by atoms with Crippen LogP contribution in [0.25, 0.3) is 0 Å². The molecular formula is C11H19NO. The molecule has 0 heterocycles. The molecule has 1 aromatic rings. The lowest BCUT2D eigenvalue weighted by Crippen LogP contribution is -2.09. The smallest absolute Gasteiger partial charge is 0.0713 e. The van der Waals surface area contributed by atoms with Crippen LogP contribution in [-0.2, 0) is 11.3 Å². The van der Waals surface area contributed by atoms with E-state index in [1.807, 2.05) is 0 Å². The summed E-state index contributed by atoms with van der Waals surface area (Å²) in [6.45, 7) is 4.94. The third-order valence-electron chi connectivity index (χ3n) is 1.72. The Balaban J connectivity index is 0.00000169. The minimum absolute atomic E-state index is 0. The lowest BCUT2D eigenvalue weighted by molar-refractivity contribution is 0.185. The fourth-order valence-corrected chi connectivity index (χ4v) is 1.20. The van der Waals surface area contributed by atoms with Crippen molar-refractivity contribution >= 4 is 5.69 Å². The molecule has 13 heavy (non-hydrogen) atoms. The van der Waals surface area contributed by atoms with Crippen LogP contribution in [-0.4, -0.2) is 13.2 Å². The molecule has 0 aliphatic heterocycles. The largest absolute Gasteiger partial charge is 0.383 e. The molecule has 2 nitrogen and oxygen atoms in total. The zero-order valence-corrected chi connectivity index (χ0v) is 8.50. The van der Waals surface area contributed by atoms with Gasteiger partial charge in [-0.2, -0.15) is 0 Å². The Kier molecular flexibility index (Phi) is 3.77. The maximum atomic E-state index is 5.03. The SMILES string of the molecule is COCc1ccc(NC(C)C)cc1.[HH]. The Bertz CT molecular complexity index is 246. The van der Waals surface area contributed by atoms with Crippen LogP contribution in [0.2, 0.25) is 0 Å². The standard InChI is InChI=1S/C11H17NO.H2/c1-9(2)12-11-6-4-10(5-7-11)8-13-3;/h4-7,9,12H,8H2,1-3H3;1H. The Labute approximate surface area is 81.4 Å². The molecule has 1 rings (SSSR count). The molecule has 0 bridgehead atoms. The molecule has 0 saturated heterocycles. The number of ether oxygens (including phenoxy) is 1. The van der Waals surface area contributed by atoms with Gasteiger partial charge in [0.1, 0.15) is 0 Å². The van der Waals surface area contributed by atoms with Crippen LogP contribution < -0.4 is 5.32 Å². The summed E-state index contributed by atoms with van der Waals surface area (Å²) in [5.74, 6) is 0. The van der Waals surface area contributed by atoms with Crippen molar-refractivity contribution in [3.8, 4) is 0 Å². The topological polar surface area (TPSA) is 21.3 Å². The second-order valence-electron chi connectivity index (χ2n) is 3.43. The molecule has 0 unspecified atom stereocenters. The van der Waals surface area contributed by atoms with Crippen molar-refractivity contribution in [3.05, 3.63) is 29.8 Å². The second-order valence-corrected chi connectivity index (χ2v) is 3.43.